The van der Waals surface area contributed by atoms with E-state index in [1.165, 1.54) is 37.1 Å². The molecule has 0 saturated carbocycles. The molecular formula is C29H32F7N3O5. The van der Waals surface area contributed by atoms with Crippen LogP contribution >= 0.6 is 0 Å². The highest BCUT2D eigenvalue weighted by Crippen LogP contribution is 2.39. The fourth-order valence-electron chi connectivity index (χ4n) is 5.05. The number of ether oxygens (including phenoxy) is 2. The van der Waals surface area contributed by atoms with Gasteiger partial charge in [-0.25, -0.2) is 14.0 Å². The molecule has 0 spiro atoms. The van der Waals surface area contributed by atoms with Crippen molar-refractivity contribution in [2.24, 2.45) is 0 Å². The quantitative estimate of drug-likeness (QED) is 0.268. The maximum atomic E-state index is 13.8. The van der Waals surface area contributed by atoms with Crippen molar-refractivity contribution in [1.29, 1.82) is 0 Å². The van der Waals surface area contributed by atoms with Crippen LogP contribution in [0.4, 0.5) is 40.3 Å². The van der Waals surface area contributed by atoms with Gasteiger partial charge < -0.3 is 19.7 Å². The number of likely N-dealkylation sites (tertiary alicyclic amines) is 1. The Morgan fingerprint density at radius 3 is 2.18 bits per heavy atom. The van der Waals surface area contributed by atoms with Gasteiger partial charge in [0.2, 0.25) is 0 Å². The summed E-state index contributed by atoms with van der Waals surface area (Å²) in [6, 6.07) is 2.30. The molecule has 1 fully saturated rings. The van der Waals surface area contributed by atoms with Crippen molar-refractivity contribution in [1.82, 2.24) is 15.1 Å². The zero-order valence-electron chi connectivity index (χ0n) is 24.3. The summed E-state index contributed by atoms with van der Waals surface area (Å²) in [7, 11) is 1.43. The molecule has 3 atom stereocenters. The molecule has 2 aromatic carbocycles. The Balaban J connectivity index is 1.95. The number of halogens is 7. The third-order valence-corrected chi connectivity index (χ3v) is 7.29. The first kappa shape index (κ1) is 34.5. The minimum atomic E-state index is -5.13. The largest absolute Gasteiger partial charge is 0.465 e. The van der Waals surface area contributed by atoms with Crippen molar-refractivity contribution < 1.29 is 54.6 Å². The summed E-state index contributed by atoms with van der Waals surface area (Å²) in [6.45, 7) is 3.44. The van der Waals surface area contributed by atoms with Crippen molar-refractivity contribution in [2.45, 2.75) is 64.2 Å². The molecule has 0 aliphatic carbocycles. The smallest absolute Gasteiger partial charge is 0.416 e. The number of amides is 3. The molecule has 0 aromatic heterocycles. The number of carbonyl (C=O) groups is 3. The summed E-state index contributed by atoms with van der Waals surface area (Å²) in [5.74, 6) is -1.46. The Morgan fingerprint density at radius 1 is 1.05 bits per heavy atom. The van der Waals surface area contributed by atoms with Crippen LogP contribution in [0.5, 0.6) is 0 Å². The first-order chi connectivity index (χ1) is 20.5. The van der Waals surface area contributed by atoms with Crippen LogP contribution in [0.2, 0.25) is 0 Å². The van der Waals surface area contributed by atoms with Crippen molar-refractivity contribution >= 4 is 18.1 Å². The van der Waals surface area contributed by atoms with Crippen LogP contribution < -0.4 is 5.32 Å². The lowest BCUT2D eigenvalue weighted by Crippen LogP contribution is -2.48. The van der Waals surface area contributed by atoms with Gasteiger partial charge >= 0.3 is 30.4 Å². The topological polar surface area (TPSA) is 88.2 Å². The summed E-state index contributed by atoms with van der Waals surface area (Å²) >= 11 is 0. The molecule has 1 heterocycles. The second-order valence-corrected chi connectivity index (χ2v) is 10.2. The van der Waals surface area contributed by atoms with Crippen molar-refractivity contribution in [2.75, 3.05) is 26.7 Å². The fraction of sp³-hybridized carbons (Fsp3) is 0.483. The van der Waals surface area contributed by atoms with Gasteiger partial charge in [0.15, 0.2) is 0 Å². The van der Waals surface area contributed by atoms with E-state index in [0.717, 1.165) is 6.92 Å². The Hall–Kier alpha value is -4.04. The summed E-state index contributed by atoms with van der Waals surface area (Å²) in [4.78, 5) is 40.6. The summed E-state index contributed by atoms with van der Waals surface area (Å²) in [5, 5.41) is 2.52. The standard InChI is InChI=1S/C29H32F7N3O5/c1-5-43-25(40)15-39(17(3)18-11-19(28(31,32)33)13-20(12-18)29(34,35)36)27(42)44-22-8-9-38(26(41)37-4)24(14-22)23-7-6-21(30)10-16(23)2/h6-7,10-13,17,22,24H,5,8-9,14-15H2,1-4H3,(H,37,41)/t17?,22-,24+/m0/s1. The highest BCUT2D eigenvalue weighted by Gasteiger charge is 2.40. The number of urea groups is 1. The third kappa shape index (κ3) is 8.32. The molecule has 1 aliphatic heterocycles. The molecule has 1 unspecified atom stereocenters. The number of esters is 1. The number of carbonyl (C=O) groups excluding carboxylic acids is 3. The summed E-state index contributed by atoms with van der Waals surface area (Å²) in [6.07, 6.45) is -12.2. The van der Waals surface area contributed by atoms with Gasteiger partial charge in [-0.05, 0) is 67.8 Å². The monoisotopic (exact) mass is 635 g/mol. The van der Waals surface area contributed by atoms with Crippen molar-refractivity contribution in [3.8, 4) is 0 Å². The van der Waals surface area contributed by atoms with E-state index in [1.807, 2.05) is 0 Å². The van der Waals surface area contributed by atoms with Gasteiger partial charge in [-0.1, -0.05) is 6.07 Å². The van der Waals surface area contributed by atoms with Gasteiger partial charge in [0.25, 0.3) is 0 Å². The Kier molecular flexibility index (Phi) is 10.7. The Bertz CT molecular complexity index is 1330. The van der Waals surface area contributed by atoms with Crippen LogP contribution in [0.3, 0.4) is 0 Å². The highest BCUT2D eigenvalue weighted by atomic mass is 19.4. The second kappa shape index (κ2) is 13.7. The van der Waals surface area contributed by atoms with E-state index in [-0.39, 0.29) is 32.1 Å². The van der Waals surface area contributed by atoms with Crippen LogP contribution in [0.15, 0.2) is 36.4 Å². The van der Waals surface area contributed by atoms with E-state index < -0.39 is 77.7 Å². The lowest BCUT2D eigenvalue weighted by Gasteiger charge is -2.40. The van der Waals surface area contributed by atoms with Gasteiger partial charge in [0.05, 0.1) is 29.8 Å². The van der Waals surface area contributed by atoms with Crippen molar-refractivity contribution in [3.05, 3.63) is 70.0 Å². The van der Waals surface area contributed by atoms with Gasteiger partial charge in [0.1, 0.15) is 18.5 Å². The molecule has 1 aliphatic rings. The highest BCUT2D eigenvalue weighted by molar-refractivity contribution is 5.78. The average Bonchev–Trinajstić information content (AvgIpc) is 2.94. The van der Waals surface area contributed by atoms with E-state index in [1.54, 1.807) is 6.92 Å². The Morgan fingerprint density at radius 2 is 1.66 bits per heavy atom. The molecule has 0 bridgehead atoms. The number of nitrogens with zero attached hydrogens (tertiary/aromatic N) is 2. The minimum Gasteiger partial charge on any atom is -0.465 e. The van der Waals surface area contributed by atoms with E-state index in [2.05, 4.69) is 5.32 Å². The average molecular weight is 636 g/mol. The number of piperidine rings is 1. The third-order valence-electron chi connectivity index (χ3n) is 7.29. The molecule has 2 aromatic rings. The zero-order chi connectivity index (χ0) is 33.0. The molecule has 3 amide bonds. The molecule has 3 rings (SSSR count). The summed E-state index contributed by atoms with van der Waals surface area (Å²) in [5.41, 5.74) is -2.60. The van der Waals surface area contributed by atoms with Crippen LogP contribution in [0.1, 0.15) is 66.6 Å². The lowest BCUT2D eigenvalue weighted by atomic mass is 9.91. The lowest BCUT2D eigenvalue weighted by molar-refractivity contribution is -0.145. The van der Waals surface area contributed by atoms with Crippen LogP contribution in [-0.4, -0.2) is 60.7 Å². The molecule has 1 N–H and O–H groups in total. The number of rotatable bonds is 7. The van der Waals surface area contributed by atoms with Gasteiger partial charge in [0, 0.05) is 26.4 Å². The predicted octanol–water partition coefficient (Wildman–Crippen LogP) is 6.78. The van der Waals surface area contributed by atoms with E-state index in [0.29, 0.717) is 28.2 Å². The number of benzene rings is 2. The molecule has 0 radical (unpaired) electrons. The fourth-order valence-corrected chi connectivity index (χ4v) is 5.05. The normalized spacial score (nSPS) is 17.9. The maximum Gasteiger partial charge on any atom is 0.416 e. The SMILES string of the molecule is CCOC(=O)CN(C(=O)O[C@H]1CCN(C(=O)NC)[C@@H](c2ccc(F)cc2C)C1)C(C)c1cc(C(F)(F)F)cc(C(F)(F)F)c1. The molecule has 8 nitrogen and oxygen atoms in total. The van der Waals surface area contributed by atoms with Crippen LogP contribution in [0.25, 0.3) is 0 Å². The molecule has 15 heteroatoms. The number of alkyl halides is 6. The van der Waals surface area contributed by atoms with Gasteiger partial charge in [-0.3, -0.25) is 9.69 Å². The molecule has 1 saturated heterocycles. The van der Waals surface area contributed by atoms with E-state index in [9.17, 15) is 45.1 Å². The number of aryl methyl sites for hydroxylation is 1. The van der Waals surface area contributed by atoms with Gasteiger partial charge in [-0.2, -0.15) is 26.3 Å². The second-order valence-electron chi connectivity index (χ2n) is 10.2. The van der Waals surface area contributed by atoms with E-state index in [4.69, 9.17) is 9.47 Å². The zero-order valence-corrected chi connectivity index (χ0v) is 24.3. The Labute approximate surface area is 249 Å². The number of hydrogen-bond donors (Lipinski definition) is 1. The summed E-state index contributed by atoms with van der Waals surface area (Å²) < 4.78 is 105. The number of nitrogens with one attached hydrogen (secondary N) is 1. The maximum absolute atomic E-state index is 13.8. The molecular weight excluding hydrogens is 603 g/mol. The van der Waals surface area contributed by atoms with Gasteiger partial charge in [-0.15, -0.1) is 0 Å². The van der Waals surface area contributed by atoms with Crippen molar-refractivity contribution in [3.63, 3.8) is 0 Å². The first-order valence-corrected chi connectivity index (χ1v) is 13.6. The predicted molar refractivity (Wildman–Crippen MR) is 143 cm³/mol. The molecule has 44 heavy (non-hydrogen) atoms. The van der Waals surface area contributed by atoms with Crippen LogP contribution in [0, 0.1) is 12.7 Å². The minimum absolute atomic E-state index is 0.0367. The van der Waals surface area contributed by atoms with E-state index >= 15 is 0 Å². The number of hydrogen-bond acceptors (Lipinski definition) is 5. The van der Waals surface area contributed by atoms with Crippen LogP contribution in [-0.2, 0) is 26.6 Å². The first-order valence-electron chi connectivity index (χ1n) is 13.6. The molecule has 242 valence electrons.